The molecule has 25 heavy (non-hydrogen) atoms. The van der Waals surface area contributed by atoms with Crippen LogP contribution < -0.4 is 5.32 Å². The lowest BCUT2D eigenvalue weighted by Crippen LogP contribution is -2.42. The van der Waals surface area contributed by atoms with Gasteiger partial charge >= 0.3 is 0 Å². The molecule has 0 unspecified atom stereocenters. The maximum absolute atomic E-state index is 13.0. The number of nitrogens with one attached hydrogen (secondary N) is 1. The first-order chi connectivity index (χ1) is 12.0. The molecular weight excluding hydrogens is 323 g/mol. The van der Waals surface area contributed by atoms with E-state index in [4.69, 9.17) is 0 Å². The molecule has 1 atom stereocenters. The second-order valence-electron chi connectivity index (χ2n) is 6.28. The van der Waals surface area contributed by atoms with Gasteiger partial charge in [0.25, 0.3) is 5.91 Å². The Kier molecular flexibility index (Phi) is 5.31. The number of carbonyl (C=O) groups is 1. The quantitative estimate of drug-likeness (QED) is 0.772. The molecule has 0 saturated carbocycles. The lowest BCUT2D eigenvalue weighted by Gasteiger charge is -2.30. The van der Waals surface area contributed by atoms with Crippen LogP contribution in [0.25, 0.3) is 0 Å². The average Bonchev–Trinajstić information content (AvgIpc) is 2.62. The number of amides is 1. The van der Waals surface area contributed by atoms with E-state index in [1.807, 2.05) is 12.1 Å². The number of fused-ring (bicyclic) bond motifs is 1. The van der Waals surface area contributed by atoms with Crippen LogP contribution in [0.5, 0.6) is 5.75 Å². The van der Waals surface area contributed by atoms with E-state index in [1.165, 1.54) is 17.2 Å². The summed E-state index contributed by atoms with van der Waals surface area (Å²) in [6.07, 6.45) is 0.243. The zero-order valence-corrected chi connectivity index (χ0v) is 13.8. The van der Waals surface area contributed by atoms with E-state index in [-0.39, 0.29) is 12.1 Å². The molecule has 1 aliphatic rings. The summed E-state index contributed by atoms with van der Waals surface area (Å²) in [5.74, 6) is -1.81. The summed E-state index contributed by atoms with van der Waals surface area (Å²) in [5, 5.41) is 22.1. The monoisotopic (exact) mass is 344 g/mol. The number of halogens is 1. The van der Waals surface area contributed by atoms with Gasteiger partial charge in [-0.25, -0.2) is 4.39 Å². The largest absolute Gasteiger partial charge is 0.505 e. The Hall–Kier alpha value is -2.44. The van der Waals surface area contributed by atoms with Crippen molar-refractivity contribution in [2.24, 2.45) is 0 Å². The molecule has 132 valence electrons. The zero-order chi connectivity index (χ0) is 17.8. The highest BCUT2D eigenvalue weighted by molar-refractivity contribution is 5.94. The Balaban J connectivity index is 1.49. The first-order valence-corrected chi connectivity index (χ1v) is 8.27. The van der Waals surface area contributed by atoms with Crippen molar-refractivity contribution in [1.29, 1.82) is 0 Å². The lowest BCUT2D eigenvalue weighted by atomic mass is 10.00. The summed E-state index contributed by atoms with van der Waals surface area (Å²) in [6.45, 7) is 2.21. The minimum Gasteiger partial charge on any atom is -0.505 e. The first kappa shape index (κ1) is 17.4. The highest BCUT2D eigenvalue weighted by Gasteiger charge is 2.19. The Morgan fingerprint density at radius 1 is 1.24 bits per heavy atom. The number of aliphatic hydroxyl groups is 1. The van der Waals surface area contributed by atoms with E-state index in [9.17, 15) is 19.4 Å². The number of aliphatic hydroxyl groups excluding tert-OH is 1. The van der Waals surface area contributed by atoms with Crippen LogP contribution in [0.4, 0.5) is 4.39 Å². The van der Waals surface area contributed by atoms with E-state index in [1.54, 1.807) is 0 Å². The van der Waals surface area contributed by atoms with Gasteiger partial charge in [-0.05, 0) is 35.7 Å². The SMILES string of the molecule is O=C(NC[C@@H](O)CN1CCc2ccccc2C1)c1ccc(F)c(O)c1. The summed E-state index contributed by atoms with van der Waals surface area (Å²) >= 11 is 0. The normalized spacial score (nSPS) is 15.4. The van der Waals surface area contributed by atoms with E-state index < -0.39 is 23.6 Å². The molecule has 3 rings (SSSR count). The lowest BCUT2D eigenvalue weighted by molar-refractivity contribution is 0.0841. The number of phenolic OH excluding ortho intramolecular Hbond substituents is 1. The van der Waals surface area contributed by atoms with Crippen molar-refractivity contribution < 1.29 is 19.4 Å². The number of benzene rings is 2. The van der Waals surface area contributed by atoms with Crippen molar-refractivity contribution in [3.8, 4) is 5.75 Å². The van der Waals surface area contributed by atoms with Gasteiger partial charge in [0, 0.05) is 31.7 Å². The number of hydrogen-bond donors (Lipinski definition) is 3. The van der Waals surface area contributed by atoms with Crippen molar-refractivity contribution in [2.45, 2.75) is 19.1 Å². The minimum absolute atomic E-state index is 0.0924. The van der Waals surface area contributed by atoms with Gasteiger partial charge in [-0.15, -0.1) is 0 Å². The van der Waals surface area contributed by atoms with Gasteiger partial charge < -0.3 is 15.5 Å². The number of carbonyl (C=O) groups excluding carboxylic acids is 1. The second-order valence-corrected chi connectivity index (χ2v) is 6.28. The van der Waals surface area contributed by atoms with Gasteiger partial charge in [0.2, 0.25) is 0 Å². The van der Waals surface area contributed by atoms with Crippen molar-refractivity contribution in [2.75, 3.05) is 19.6 Å². The number of aromatic hydroxyl groups is 1. The molecule has 1 aliphatic heterocycles. The van der Waals surface area contributed by atoms with Crippen LogP contribution in [-0.4, -0.2) is 46.8 Å². The topological polar surface area (TPSA) is 72.8 Å². The van der Waals surface area contributed by atoms with Gasteiger partial charge in [0.15, 0.2) is 11.6 Å². The zero-order valence-electron chi connectivity index (χ0n) is 13.8. The molecule has 3 N–H and O–H groups in total. The van der Waals surface area contributed by atoms with Crippen LogP contribution in [0.3, 0.4) is 0 Å². The highest BCUT2D eigenvalue weighted by atomic mass is 19.1. The van der Waals surface area contributed by atoms with Crippen molar-refractivity contribution in [3.05, 3.63) is 65.0 Å². The predicted molar refractivity (Wildman–Crippen MR) is 91.8 cm³/mol. The van der Waals surface area contributed by atoms with Crippen molar-refractivity contribution in [3.63, 3.8) is 0 Å². The second kappa shape index (κ2) is 7.63. The molecule has 0 aliphatic carbocycles. The van der Waals surface area contributed by atoms with Crippen LogP contribution >= 0.6 is 0 Å². The van der Waals surface area contributed by atoms with Gasteiger partial charge in [0.1, 0.15) is 0 Å². The van der Waals surface area contributed by atoms with Gasteiger partial charge in [0.05, 0.1) is 6.10 Å². The van der Waals surface area contributed by atoms with E-state index >= 15 is 0 Å². The van der Waals surface area contributed by atoms with Crippen LogP contribution in [0, 0.1) is 5.82 Å². The summed E-state index contributed by atoms with van der Waals surface area (Å²) in [6, 6.07) is 11.7. The maximum Gasteiger partial charge on any atom is 0.251 e. The minimum atomic E-state index is -0.776. The molecule has 0 aromatic heterocycles. The molecule has 5 nitrogen and oxygen atoms in total. The van der Waals surface area contributed by atoms with Crippen molar-refractivity contribution >= 4 is 5.91 Å². The third kappa shape index (κ3) is 4.35. The fourth-order valence-corrected chi connectivity index (χ4v) is 3.04. The number of nitrogens with zero attached hydrogens (tertiary/aromatic N) is 1. The Morgan fingerprint density at radius 2 is 2.00 bits per heavy atom. The van der Waals surface area contributed by atoms with Gasteiger partial charge in [-0.3, -0.25) is 9.69 Å². The Bertz CT molecular complexity index is 766. The third-order valence-electron chi connectivity index (χ3n) is 4.39. The molecule has 2 aromatic rings. The fraction of sp³-hybridized carbons (Fsp3) is 0.316. The molecule has 0 spiro atoms. The van der Waals surface area contributed by atoms with Crippen LogP contribution in [-0.2, 0) is 13.0 Å². The molecule has 0 saturated heterocycles. The van der Waals surface area contributed by atoms with Crippen LogP contribution in [0.1, 0.15) is 21.5 Å². The first-order valence-electron chi connectivity index (χ1n) is 8.27. The third-order valence-corrected chi connectivity index (χ3v) is 4.39. The van der Waals surface area contributed by atoms with E-state index in [0.29, 0.717) is 6.54 Å². The average molecular weight is 344 g/mol. The van der Waals surface area contributed by atoms with Crippen molar-refractivity contribution in [1.82, 2.24) is 10.2 Å². The standard InChI is InChI=1S/C19H21FN2O3/c20-17-6-5-14(9-18(17)24)19(25)21-10-16(23)12-22-8-7-13-3-1-2-4-15(13)11-22/h1-6,9,16,23-24H,7-8,10-12H2,(H,21,25)/t16-/m1/s1. The number of hydrogen-bond acceptors (Lipinski definition) is 4. The number of rotatable bonds is 5. The highest BCUT2D eigenvalue weighted by Crippen LogP contribution is 2.19. The van der Waals surface area contributed by atoms with Gasteiger partial charge in [-0.2, -0.15) is 0 Å². The molecule has 1 amide bonds. The summed E-state index contributed by atoms with van der Waals surface area (Å²) in [7, 11) is 0. The maximum atomic E-state index is 13.0. The van der Waals surface area contributed by atoms with E-state index in [0.717, 1.165) is 31.6 Å². The van der Waals surface area contributed by atoms with Gasteiger partial charge in [-0.1, -0.05) is 24.3 Å². The summed E-state index contributed by atoms with van der Waals surface area (Å²) in [5.41, 5.74) is 2.77. The number of β-amino-alcohol motifs (C(OH)–C–C–N with tert-alkyl or cyclic N) is 1. The summed E-state index contributed by atoms with van der Waals surface area (Å²) < 4.78 is 13.0. The van der Waals surface area contributed by atoms with Crippen LogP contribution in [0.2, 0.25) is 0 Å². The van der Waals surface area contributed by atoms with Crippen LogP contribution in [0.15, 0.2) is 42.5 Å². The Morgan fingerprint density at radius 3 is 2.76 bits per heavy atom. The predicted octanol–water partition coefficient (Wildman–Crippen LogP) is 1.68. The molecule has 0 radical (unpaired) electrons. The molecule has 0 bridgehead atoms. The molecule has 6 heteroatoms. The Labute approximate surface area is 145 Å². The number of phenols is 1. The smallest absolute Gasteiger partial charge is 0.251 e. The fourth-order valence-electron chi connectivity index (χ4n) is 3.04. The molecule has 0 fully saturated rings. The van der Waals surface area contributed by atoms with E-state index in [2.05, 4.69) is 22.3 Å². The molecule has 2 aromatic carbocycles. The molecule has 1 heterocycles. The summed E-state index contributed by atoms with van der Waals surface area (Å²) in [4.78, 5) is 14.2. The molecular formula is C19H21FN2O3.